The molecular weight excluding hydrogens is 390 g/mol. The summed E-state index contributed by atoms with van der Waals surface area (Å²) >= 11 is 0. The molecule has 0 spiro atoms. The van der Waals surface area contributed by atoms with Gasteiger partial charge in [-0.3, -0.25) is 9.69 Å². The van der Waals surface area contributed by atoms with E-state index in [-0.39, 0.29) is 32.1 Å². The SMILES string of the molecule is CCN(C(=O)OCOC(=O)CN1CCN(C)CC1)C(C)Cc1ccc2c(c1)OCO2. The largest absolute Gasteiger partial charge is 0.454 e. The molecule has 1 saturated heterocycles. The lowest BCUT2D eigenvalue weighted by atomic mass is 10.1. The molecule has 2 aliphatic rings. The van der Waals surface area contributed by atoms with Gasteiger partial charge < -0.3 is 28.7 Å². The Bertz CT molecular complexity index is 735. The molecule has 30 heavy (non-hydrogen) atoms. The van der Waals surface area contributed by atoms with Crippen LogP contribution in [0.15, 0.2) is 18.2 Å². The Kier molecular flexibility index (Phi) is 7.75. The Morgan fingerprint density at radius 1 is 1.13 bits per heavy atom. The molecule has 1 unspecified atom stereocenters. The van der Waals surface area contributed by atoms with Gasteiger partial charge in [-0.15, -0.1) is 0 Å². The van der Waals surface area contributed by atoms with Crippen LogP contribution in [0, 0.1) is 0 Å². The number of hydrogen-bond donors (Lipinski definition) is 0. The van der Waals surface area contributed by atoms with Crippen LogP contribution in [0.5, 0.6) is 11.5 Å². The molecule has 2 heterocycles. The molecule has 166 valence electrons. The summed E-state index contributed by atoms with van der Waals surface area (Å²) in [5.41, 5.74) is 1.04. The molecule has 3 rings (SSSR count). The number of benzene rings is 1. The molecule has 1 aromatic carbocycles. The van der Waals surface area contributed by atoms with Gasteiger partial charge in [-0.1, -0.05) is 6.07 Å². The normalized spacial score (nSPS) is 17.4. The number of ether oxygens (including phenoxy) is 4. The zero-order valence-corrected chi connectivity index (χ0v) is 18.0. The molecule has 0 N–H and O–H groups in total. The molecule has 1 amide bonds. The van der Waals surface area contributed by atoms with E-state index in [2.05, 4.69) is 11.9 Å². The molecule has 2 aliphatic heterocycles. The van der Waals surface area contributed by atoms with E-state index in [1.54, 1.807) is 4.90 Å². The van der Waals surface area contributed by atoms with Gasteiger partial charge in [0, 0.05) is 38.8 Å². The van der Waals surface area contributed by atoms with Crippen LogP contribution in [0.4, 0.5) is 4.79 Å². The smallest absolute Gasteiger partial charge is 0.412 e. The number of rotatable bonds is 8. The molecule has 0 bridgehead atoms. The zero-order valence-electron chi connectivity index (χ0n) is 18.0. The lowest BCUT2D eigenvalue weighted by molar-refractivity contribution is -0.154. The van der Waals surface area contributed by atoms with Gasteiger partial charge in [-0.05, 0) is 45.0 Å². The fourth-order valence-corrected chi connectivity index (χ4v) is 3.60. The molecular formula is C21H31N3O6. The number of carbonyl (C=O) groups excluding carboxylic acids is 2. The number of hydrogen-bond acceptors (Lipinski definition) is 8. The third-order valence-electron chi connectivity index (χ3n) is 5.43. The van der Waals surface area contributed by atoms with Crippen LogP contribution < -0.4 is 9.47 Å². The molecule has 0 aromatic heterocycles. The summed E-state index contributed by atoms with van der Waals surface area (Å²) < 4.78 is 21.0. The first kappa shape index (κ1) is 22.2. The van der Waals surface area contributed by atoms with Crippen LogP contribution >= 0.6 is 0 Å². The van der Waals surface area contributed by atoms with Gasteiger partial charge in [0.2, 0.25) is 13.6 Å². The first-order valence-corrected chi connectivity index (χ1v) is 10.3. The van der Waals surface area contributed by atoms with Crippen molar-refractivity contribution in [1.29, 1.82) is 0 Å². The fourth-order valence-electron chi connectivity index (χ4n) is 3.60. The molecule has 1 aromatic rings. The van der Waals surface area contributed by atoms with Gasteiger partial charge in [0.25, 0.3) is 0 Å². The van der Waals surface area contributed by atoms with Crippen LogP contribution in [0.3, 0.4) is 0 Å². The summed E-state index contributed by atoms with van der Waals surface area (Å²) in [6.45, 7) is 7.89. The van der Waals surface area contributed by atoms with Gasteiger partial charge in [0.15, 0.2) is 11.5 Å². The van der Waals surface area contributed by atoms with Crippen LogP contribution in [0.2, 0.25) is 0 Å². The second-order valence-corrected chi connectivity index (χ2v) is 7.65. The monoisotopic (exact) mass is 421 g/mol. The first-order chi connectivity index (χ1) is 14.5. The van der Waals surface area contributed by atoms with Crippen molar-refractivity contribution < 1.29 is 28.5 Å². The number of nitrogens with zero attached hydrogens (tertiary/aromatic N) is 3. The Hall–Kier alpha value is -2.52. The number of esters is 1. The van der Waals surface area contributed by atoms with E-state index in [1.807, 2.05) is 36.9 Å². The standard InChI is InChI=1S/C21H31N3O6/c1-4-24(16(2)11-17-5-6-18-19(12-17)28-14-27-18)21(26)30-15-29-20(25)13-23-9-7-22(3)8-10-23/h5-6,12,16H,4,7-11,13-15H2,1-3H3. The summed E-state index contributed by atoms with van der Waals surface area (Å²) in [6, 6.07) is 5.67. The molecule has 1 atom stereocenters. The Morgan fingerprint density at radius 2 is 1.87 bits per heavy atom. The molecule has 9 heteroatoms. The third kappa shape index (κ3) is 5.99. The second kappa shape index (κ2) is 10.5. The number of fused-ring (bicyclic) bond motifs is 1. The Labute approximate surface area is 177 Å². The first-order valence-electron chi connectivity index (χ1n) is 10.3. The summed E-state index contributed by atoms with van der Waals surface area (Å²) in [5, 5.41) is 0. The van der Waals surface area contributed by atoms with Crippen molar-refractivity contribution in [3.8, 4) is 11.5 Å². The van der Waals surface area contributed by atoms with Crippen molar-refractivity contribution in [1.82, 2.24) is 14.7 Å². The average molecular weight is 421 g/mol. The maximum Gasteiger partial charge on any atom is 0.412 e. The van der Waals surface area contributed by atoms with Crippen molar-refractivity contribution in [2.24, 2.45) is 0 Å². The second-order valence-electron chi connectivity index (χ2n) is 7.65. The number of likely N-dealkylation sites (N-methyl/N-ethyl adjacent to an activating group) is 2. The van der Waals surface area contributed by atoms with E-state index in [0.717, 1.165) is 43.2 Å². The highest BCUT2D eigenvalue weighted by Crippen LogP contribution is 2.33. The lowest BCUT2D eigenvalue weighted by Crippen LogP contribution is -2.46. The molecule has 1 fully saturated rings. The minimum Gasteiger partial charge on any atom is -0.454 e. The van der Waals surface area contributed by atoms with E-state index in [4.69, 9.17) is 18.9 Å². The van der Waals surface area contributed by atoms with Crippen LogP contribution in [-0.4, -0.2) is 92.7 Å². The van der Waals surface area contributed by atoms with E-state index in [1.165, 1.54) is 0 Å². The summed E-state index contributed by atoms with van der Waals surface area (Å²) in [5.74, 6) is 1.07. The van der Waals surface area contributed by atoms with E-state index in [0.29, 0.717) is 13.0 Å². The summed E-state index contributed by atoms with van der Waals surface area (Å²) in [6.07, 6.45) is 0.140. The van der Waals surface area contributed by atoms with Crippen molar-refractivity contribution in [2.75, 3.05) is 59.9 Å². The molecule has 9 nitrogen and oxygen atoms in total. The van der Waals surface area contributed by atoms with Gasteiger partial charge in [-0.2, -0.15) is 0 Å². The Morgan fingerprint density at radius 3 is 2.60 bits per heavy atom. The quantitative estimate of drug-likeness (QED) is 0.462. The predicted molar refractivity (Wildman–Crippen MR) is 109 cm³/mol. The summed E-state index contributed by atoms with van der Waals surface area (Å²) in [7, 11) is 2.06. The van der Waals surface area contributed by atoms with Gasteiger partial charge in [-0.25, -0.2) is 4.79 Å². The summed E-state index contributed by atoms with van der Waals surface area (Å²) in [4.78, 5) is 30.3. The minimum atomic E-state index is -0.502. The number of carbonyl (C=O) groups is 2. The van der Waals surface area contributed by atoms with Crippen LogP contribution in [-0.2, 0) is 20.7 Å². The maximum absolute atomic E-state index is 12.5. The van der Waals surface area contributed by atoms with Gasteiger partial charge in [0.05, 0.1) is 6.54 Å². The topological polar surface area (TPSA) is 80.8 Å². The number of amides is 1. The maximum atomic E-state index is 12.5. The Balaban J connectivity index is 1.41. The van der Waals surface area contributed by atoms with Crippen molar-refractivity contribution in [2.45, 2.75) is 26.3 Å². The molecule has 0 radical (unpaired) electrons. The minimum absolute atomic E-state index is 0.0936. The van der Waals surface area contributed by atoms with E-state index < -0.39 is 6.09 Å². The lowest BCUT2D eigenvalue weighted by Gasteiger charge is -2.31. The highest BCUT2D eigenvalue weighted by atomic mass is 16.7. The highest BCUT2D eigenvalue weighted by molar-refractivity contribution is 5.72. The average Bonchev–Trinajstić information content (AvgIpc) is 3.18. The molecule has 0 saturated carbocycles. The fraction of sp³-hybridized carbons (Fsp3) is 0.619. The van der Waals surface area contributed by atoms with Crippen molar-refractivity contribution >= 4 is 12.1 Å². The van der Waals surface area contributed by atoms with E-state index in [9.17, 15) is 9.59 Å². The van der Waals surface area contributed by atoms with Crippen LogP contribution in [0.25, 0.3) is 0 Å². The third-order valence-corrected chi connectivity index (χ3v) is 5.43. The van der Waals surface area contributed by atoms with Crippen molar-refractivity contribution in [3.63, 3.8) is 0 Å². The number of piperazine rings is 1. The van der Waals surface area contributed by atoms with Gasteiger partial charge in [0.1, 0.15) is 0 Å². The highest BCUT2D eigenvalue weighted by Gasteiger charge is 2.22. The van der Waals surface area contributed by atoms with Gasteiger partial charge >= 0.3 is 12.1 Å². The predicted octanol–water partition coefficient (Wildman–Crippen LogP) is 1.55. The van der Waals surface area contributed by atoms with Crippen molar-refractivity contribution in [3.05, 3.63) is 23.8 Å². The van der Waals surface area contributed by atoms with E-state index >= 15 is 0 Å². The van der Waals surface area contributed by atoms with Crippen LogP contribution in [0.1, 0.15) is 19.4 Å². The zero-order chi connectivity index (χ0) is 21.5. The molecule has 0 aliphatic carbocycles.